The zero-order valence-electron chi connectivity index (χ0n) is 10.7. The van der Waals surface area contributed by atoms with Crippen LogP contribution < -0.4 is 10.6 Å². The first-order valence-electron chi connectivity index (χ1n) is 5.80. The lowest BCUT2D eigenvalue weighted by atomic mass is 10.3. The Hall–Kier alpha value is -1.73. The van der Waals surface area contributed by atoms with Gasteiger partial charge in [-0.2, -0.15) is 0 Å². The molecule has 0 spiro atoms. The largest absolute Gasteiger partial charge is 0.337 e. The Balaban J connectivity index is 1.95. The number of nitrogens with one attached hydrogen (secondary N) is 2. The van der Waals surface area contributed by atoms with Crippen LogP contribution in [0.2, 0.25) is 0 Å². The smallest absolute Gasteiger partial charge is 0.321 e. The van der Waals surface area contributed by atoms with Crippen LogP contribution in [0.5, 0.6) is 0 Å². The van der Waals surface area contributed by atoms with Crippen molar-refractivity contribution in [2.24, 2.45) is 0 Å². The van der Waals surface area contributed by atoms with Crippen LogP contribution in [0.25, 0.3) is 10.2 Å². The van der Waals surface area contributed by atoms with Crippen molar-refractivity contribution in [3.05, 3.63) is 24.0 Å². The first-order valence-corrected chi connectivity index (χ1v) is 6.62. The van der Waals surface area contributed by atoms with Gasteiger partial charge in [-0.15, -0.1) is 0 Å². The zero-order valence-corrected chi connectivity index (χ0v) is 11.6. The van der Waals surface area contributed by atoms with Gasteiger partial charge >= 0.3 is 6.03 Å². The predicted molar refractivity (Wildman–Crippen MR) is 75.2 cm³/mol. The van der Waals surface area contributed by atoms with Crippen LogP contribution in [0.3, 0.4) is 0 Å². The van der Waals surface area contributed by atoms with Gasteiger partial charge in [0.25, 0.3) is 0 Å². The summed E-state index contributed by atoms with van der Waals surface area (Å²) < 4.78 is 13.7. The summed E-state index contributed by atoms with van der Waals surface area (Å²) in [4.78, 5) is 17.8. The lowest BCUT2D eigenvalue weighted by molar-refractivity contribution is 0.250. The molecular weight excluding hydrogens is 267 g/mol. The molecule has 2 amide bonds. The SMILES string of the molecule is CN(C)CCNC(=O)Nc1nc2ccc(F)cc2s1. The van der Waals surface area contributed by atoms with Gasteiger partial charge in [-0.3, -0.25) is 5.32 Å². The third-order valence-electron chi connectivity index (χ3n) is 2.42. The Bertz CT molecular complexity index is 584. The standard InChI is InChI=1S/C12H15FN4OS/c1-17(2)6-5-14-11(18)16-12-15-9-4-3-8(13)7-10(9)19-12/h3-4,7H,5-6H2,1-2H3,(H2,14,15,16,18). The second-order valence-corrected chi connectivity index (χ2v) is 5.35. The van der Waals surface area contributed by atoms with Crippen LogP contribution in [-0.2, 0) is 0 Å². The molecule has 0 fully saturated rings. The molecule has 2 rings (SSSR count). The van der Waals surface area contributed by atoms with Crippen molar-refractivity contribution in [1.29, 1.82) is 0 Å². The molecule has 2 aromatic rings. The lowest BCUT2D eigenvalue weighted by Gasteiger charge is -2.10. The van der Waals surface area contributed by atoms with E-state index in [0.717, 1.165) is 6.54 Å². The number of nitrogens with zero attached hydrogens (tertiary/aromatic N) is 2. The van der Waals surface area contributed by atoms with Gasteiger partial charge in [0.15, 0.2) is 5.13 Å². The number of fused-ring (bicyclic) bond motifs is 1. The first kappa shape index (κ1) is 13.7. The molecule has 5 nitrogen and oxygen atoms in total. The molecule has 0 aliphatic carbocycles. The number of hydrogen-bond donors (Lipinski definition) is 2. The van der Waals surface area contributed by atoms with Gasteiger partial charge in [0.1, 0.15) is 5.82 Å². The Morgan fingerprint density at radius 2 is 2.26 bits per heavy atom. The van der Waals surface area contributed by atoms with Crippen LogP contribution >= 0.6 is 11.3 Å². The molecule has 0 bridgehead atoms. The van der Waals surface area contributed by atoms with Crippen molar-refractivity contribution >= 4 is 32.7 Å². The molecule has 1 aromatic heterocycles. The normalized spacial score (nSPS) is 10.9. The molecular formula is C12H15FN4OS. The second-order valence-electron chi connectivity index (χ2n) is 4.32. The van der Waals surface area contributed by atoms with E-state index in [0.29, 0.717) is 21.9 Å². The van der Waals surface area contributed by atoms with Gasteiger partial charge in [0.05, 0.1) is 10.2 Å². The Kier molecular flexibility index (Phi) is 4.28. The van der Waals surface area contributed by atoms with E-state index in [1.165, 1.54) is 23.5 Å². The molecule has 0 aliphatic rings. The number of halogens is 1. The fraction of sp³-hybridized carbons (Fsp3) is 0.333. The van der Waals surface area contributed by atoms with Crippen molar-refractivity contribution in [3.8, 4) is 0 Å². The maximum absolute atomic E-state index is 13.0. The van der Waals surface area contributed by atoms with Gasteiger partial charge in [0.2, 0.25) is 0 Å². The highest BCUT2D eigenvalue weighted by Crippen LogP contribution is 2.26. The van der Waals surface area contributed by atoms with E-state index in [1.54, 1.807) is 6.07 Å². The van der Waals surface area contributed by atoms with E-state index in [2.05, 4.69) is 15.6 Å². The highest BCUT2D eigenvalue weighted by molar-refractivity contribution is 7.22. The molecule has 0 saturated heterocycles. The number of aromatic nitrogens is 1. The fourth-order valence-corrected chi connectivity index (χ4v) is 2.37. The van der Waals surface area contributed by atoms with Gasteiger partial charge in [-0.05, 0) is 32.3 Å². The summed E-state index contributed by atoms with van der Waals surface area (Å²) in [6, 6.07) is 4.04. The molecule has 102 valence electrons. The van der Waals surface area contributed by atoms with Crippen LogP contribution in [-0.4, -0.2) is 43.1 Å². The average Bonchev–Trinajstić information content (AvgIpc) is 2.69. The average molecular weight is 282 g/mol. The molecule has 0 radical (unpaired) electrons. The fourth-order valence-electron chi connectivity index (χ4n) is 1.49. The summed E-state index contributed by atoms with van der Waals surface area (Å²) in [6.45, 7) is 1.32. The summed E-state index contributed by atoms with van der Waals surface area (Å²) >= 11 is 1.25. The van der Waals surface area contributed by atoms with E-state index in [1.807, 2.05) is 19.0 Å². The predicted octanol–water partition coefficient (Wildman–Crippen LogP) is 2.12. The second kappa shape index (κ2) is 5.94. The maximum Gasteiger partial charge on any atom is 0.321 e. The molecule has 19 heavy (non-hydrogen) atoms. The van der Waals surface area contributed by atoms with E-state index >= 15 is 0 Å². The monoisotopic (exact) mass is 282 g/mol. The summed E-state index contributed by atoms with van der Waals surface area (Å²) in [5.41, 5.74) is 0.676. The molecule has 2 N–H and O–H groups in total. The zero-order chi connectivity index (χ0) is 13.8. The number of benzene rings is 1. The van der Waals surface area contributed by atoms with Gasteiger partial charge in [-0.25, -0.2) is 14.2 Å². The number of hydrogen-bond acceptors (Lipinski definition) is 4. The first-order chi connectivity index (χ1) is 9.04. The third kappa shape index (κ3) is 3.87. The highest BCUT2D eigenvalue weighted by atomic mass is 32.1. The lowest BCUT2D eigenvalue weighted by Crippen LogP contribution is -2.34. The van der Waals surface area contributed by atoms with Crippen LogP contribution in [0.15, 0.2) is 18.2 Å². The van der Waals surface area contributed by atoms with E-state index in [9.17, 15) is 9.18 Å². The molecule has 0 saturated carbocycles. The summed E-state index contributed by atoms with van der Waals surface area (Å²) in [6.07, 6.45) is 0. The Morgan fingerprint density at radius 3 is 3.00 bits per heavy atom. The van der Waals surface area contributed by atoms with Crippen molar-refractivity contribution < 1.29 is 9.18 Å². The number of rotatable bonds is 4. The number of anilines is 1. The van der Waals surface area contributed by atoms with Crippen molar-refractivity contribution in [2.45, 2.75) is 0 Å². The van der Waals surface area contributed by atoms with Gasteiger partial charge in [0, 0.05) is 13.1 Å². The molecule has 7 heteroatoms. The molecule has 1 heterocycles. The van der Waals surface area contributed by atoms with Crippen LogP contribution in [0.4, 0.5) is 14.3 Å². The van der Waals surface area contributed by atoms with Crippen molar-refractivity contribution in [2.75, 3.05) is 32.5 Å². The van der Waals surface area contributed by atoms with E-state index in [4.69, 9.17) is 0 Å². The number of likely N-dealkylation sites (N-methyl/N-ethyl adjacent to an activating group) is 1. The van der Waals surface area contributed by atoms with Gasteiger partial charge < -0.3 is 10.2 Å². The number of thiazole rings is 1. The number of urea groups is 1. The molecule has 1 aromatic carbocycles. The Morgan fingerprint density at radius 1 is 1.47 bits per heavy atom. The number of amides is 2. The summed E-state index contributed by atoms with van der Waals surface area (Å²) in [5, 5.41) is 5.82. The summed E-state index contributed by atoms with van der Waals surface area (Å²) in [5.74, 6) is -0.307. The molecule has 0 unspecified atom stereocenters. The highest BCUT2D eigenvalue weighted by Gasteiger charge is 2.07. The van der Waals surface area contributed by atoms with E-state index < -0.39 is 0 Å². The summed E-state index contributed by atoms with van der Waals surface area (Å²) in [7, 11) is 3.86. The molecule has 0 aliphatic heterocycles. The minimum Gasteiger partial charge on any atom is -0.337 e. The van der Waals surface area contributed by atoms with Crippen molar-refractivity contribution in [1.82, 2.24) is 15.2 Å². The van der Waals surface area contributed by atoms with Crippen molar-refractivity contribution in [3.63, 3.8) is 0 Å². The quantitative estimate of drug-likeness (QED) is 0.903. The van der Waals surface area contributed by atoms with Gasteiger partial charge in [-0.1, -0.05) is 11.3 Å². The minimum absolute atomic E-state index is 0.304. The van der Waals surface area contributed by atoms with Crippen LogP contribution in [0, 0.1) is 5.82 Å². The van der Waals surface area contributed by atoms with E-state index in [-0.39, 0.29) is 11.8 Å². The van der Waals surface area contributed by atoms with Crippen LogP contribution in [0.1, 0.15) is 0 Å². The Labute approximate surface area is 114 Å². The minimum atomic E-state index is -0.307. The third-order valence-corrected chi connectivity index (χ3v) is 3.35. The number of carbonyl (C=O) groups is 1. The molecule has 0 atom stereocenters. The topological polar surface area (TPSA) is 57.3 Å². The number of carbonyl (C=O) groups excluding carboxylic acids is 1. The maximum atomic E-state index is 13.0.